The third-order valence-corrected chi connectivity index (χ3v) is 12.7. The van der Waals surface area contributed by atoms with Gasteiger partial charge in [-0.25, -0.2) is 4.98 Å². The average molecular weight is 843 g/mol. The smallest absolute Gasteiger partial charge is 0.309 e. The number of aliphatic carboxylic acids is 1. The van der Waals surface area contributed by atoms with E-state index in [0.717, 1.165) is 63.5 Å². The average Bonchev–Trinajstić information content (AvgIpc) is 3.70. The van der Waals surface area contributed by atoms with E-state index in [1.807, 2.05) is 25.7 Å². The van der Waals surface area contributed by atoms with Crippen LogP contribution in [-0.2, 0) is 25.5 Å². The van der Waals surface area contributed by atoms with Crippen molar-refractivity contribution in [2.45, 2.75) is 156 Å². The Bertz CT molecular complexity index is 1600. The summed E-state index contributed by atoms with van der Waals surface area (Å²) in [6, 6.07) is 4.87. The lowest BCUT2D eigenvalue weighted by molar-refractivity contribution is -0.147. The van der Waals surface area contributed by atoms with Crippen molar-refractivity contribution in [1.29, 1.82) is 0 Å². The summed E-state index contributed by atoms with van der Waals surface area (Å²) < 4.78 is 6.35. The number of carbonyl (C=O) groups is 4. The van der Waals surface area contributed by atoms with Crippen molar-refractivity contribution in [2.24, 2.45) is 23.0 Å². The molecule has 6 atom stereocenters. The number of benzene rings is 1. The van der Waals surface area contributed by atoms with E-state index >= 15 is 0 Å². The Morgan fingerprint density at radius 1 is 1.05 bits per heavy atom. The number of carboxylic acid groups (broad SMARTS) is 1. The molecular formula is C45H74N6O7S. The second kappa shape index (κ2) is 24.6. The fourth-order valence-corrected chi connectivity index (χ4v) is 8.85. The van der Waals surface area contributed by atoms with Gasteiger partial charge in [-0.05, 0) is 89.0 Å². The third kappa shape index (κ3) is 15.1. The first-order valence-corrected chi connectivity index (χ1v) is 22.9. The Morgan fingerprint density at radius 2 is 1.76 bits per heavy atom. The molecule has 1 aromatic heterocycles. The van der Waals surface area contributed by atoms with Gasteiger partial charge in [-0.3, -0.25) is 24.1 Å². The summed E-state index contributed by atoms with van der Waals surface area (Å²) in [5.74, 6) is -1.51. The molecule has 0 radical (unpaired) electrons. The van der Waals surface area contributed by atoms with Gasteiger partial charge in [0.05, 0.1) is 11.5 Å². The highest BCUT2D eigenvalue weighted by Crippen LogP contribution is 2.32. The van der Waals surface area contributed by atoms with Gasteiger partial charge in [0.25, 0.3) is 5.91 Å². The molecule has 1 fully saturated rings. The predicted octanol–water partition coefficient (Wildman–Crippen LogP) is 6.94. The normalized spacial score (nSPS) is 17.5. The summed E-state index contributed by atoms with van der Waals surface area (Å²) in [6.45, 7) is 18.5. The van der Waals surface area contributed by atoms with Crippen molar-refractivity contribution in [3.63, 3.8) is 0 Å². The van der Waals surface area contributed by atoms with E-state index in [1.165, 1.54) is 11.3 Å². The van der Waals surface area contributed by atoms with Gasteiger partial charge in [0, 0.05) is 50.1 Å². The lowest BCUT2D eigenvalue weighted by atomic mass is 9.84. The minimum atomic E-state index is -1.11. The molecule has 1 saturated heterocycles. The van der Waals surface area contributed by atoms with E-state index in [2.05, 4.69) is 36.3 Å². The highest BCUT2D eigenvalue weighted by atomic mass is 32.1. The zero-order valence-corrected chi connectivity index (χ0v) is 37.8. The number of amides is 3. The van der Waals surface area contributed by atoms with Crippen LogP contribution in [0, 0.1) is 17.3 Å². The fraction of sp³-hybridized carbons (Fsp3) is 0.711. The van der Waals surface area contributed by atoms with Crippen molar-refractivity contribution in [3.05, 3.63) is 45.9 Å². The first-order valence-electron chi connectivity index (χ1n) is 22.0. The number of piperidine rings is 1. The van der Waals surface area contributed by atoms with Gasteiger partial charge in [-0.2, -0.15) is 0 Å². The molecule has 2 heterocycles. The van der Waals surface area contributed by atoms with Crippen molar-refractivity contribution < 1.29 is 34.1 Å². The van der Waals surface area contributed by atoms with Crippen LogP contribution >= 0.6 is 11.3 Å². The molecule has 3 amide bonds. The molecule has 13 nitrogen and oxygen atoms in total. The highest BCUT2D eigenvalue weighted by Gasteiger charge is 2.39. The van der Waals surface area contributed by atoms with Crippen LogP contribution in [0.25, 0.3) is 0 Å². The Kier molecular flexibility index (Phi) is 20.8. The topological polar surface area (TPSA) is 187 Å². The van der Waals surface area contributed by atoms with E-state index < -0.39 is 35.5 Å². The fourth-order valence-electron chi connectivity index (χ4n) is 7.99. The number of phenolic OH excluding ortho intramolecular Hbond substituents is 1. The lowest BCUT2D eigenvalue weighted by Gasteiger charge is -2.40. The van der Waals surface area contributed by atoms with Crippen LogP contribution in [0.3, 0.4) is 0 Å². The number of aromatic hydroxyl groups is 1. The molecule has 2 aromatic rings. The minimum absolute atomic E-state index is 0.0423. The van der Waals surface area contributed by atoms with Gasteiger partial charge in [0.1, 0.15) is 28.6 Å². The molecule has 0 aliphatic carbocycles. The maximum absolute atomic E-state index is 15.0. The van der Waals surface area contributed by atoms with Crippen LogP contribution in [0.5, 0.6) is 5.75 Å². The first kappa shape index (κ1) is 49.8. The van der Waals surface area contributed by atoms with E-state index in [1.54, 1.807) is 43.5 Å². The summed E-state index contributed by atoms with van der Waals surface area (Å²) in [6.07, 6.45) is 7.88. The van der Waals surface area contributed by atoms with Crippen LogP contribution in [0.2, 0.25) is 0 Å². The molecule has 1 aromatic carbocycles. The molecule has 59 heavy (non-hydrogen) atoms. The maximum Gasteiger partial charge on any atom is 0.309 e. The molecule has 332 valence electrons. The summed E-state index contributed by atoms with van der Waals surface area (Å²) in [5.41, 5.74) is 5.86. The van der Waals surface area contributed by atoms with Gasteiger partial charge in [0.15, 0.2) is 0 Å². The maximum atomic E-state index is 15.0. The summed E-state index contributed by atoms with van der Waals surface area (Å²) in [4.78, 5) is 63.7. The Labute approximate surface area is 357 Å². The quantitative estimate of drug-likeness (QED) is 0.0622. The van der Waals surface area contributed by atoms with E-state index in [9.17, 15) is 29.4 Å². The molecule has 14 heteroatoms. The second-order valence-corrected chi connectivity index (χ2v) is 18.2. The van der Waals surface area contributed by atoms with Gasteiger partial charge in [-0.1, -0.05) is 78.9 Å². The summed E-state index contributed by atoms with van der Waals surface area (Å²) in [7, 11) is 0. The predicted molar refractivity (Wildman–Crippen MR) is 234 cm³/mol. The number of hydrogen-bond donors (Lipinski definition) is 5. The zero-order chi connectivity index (χ0) is 43.7. The molecule has 0 bridgehead atoms. The van der Waals surface area contributed by atoms with Crippen LogP contribution in [0.4, 0.5) is 0 Å². The first-order chi connectivity index (χ1) is 28.1. The molecule has 3 rings (SSSR count). The van der Waals surface area contributed by atoms with Crippen molar-refractivity contribution in [2.75, 3.05) is 32.8 Å². The molecule has 0 spiro atoms. The van der Waals surface area contributed by atoms with Gasteiger partial charge in [0.2, 0.25) is 11.8 Å². The van der Waals surface area contributed by atoms with E-state index in [4.69, 9.17) is 15.5 Å². The number of unbranched alkanes of at least 4 members (excludes halogenated alkanes) is 3. The number of nitrogens with two attached hydrogens (primary N) is 1. The van der Waals surface area contributed by atoms with Crippen LogP contribution in [-0.4, -0.2) is 106 Å². The zero-order valence-electron chi connectivity index (χ0n) is 37.0. The Balaban J connectivity index is 1.91. The minimum Gasteiger partial charge on any atom is -0.508 e. The number of nitrogens with one attached hydrogen (secondary N) is 2. The molecule has 1 aliphatic rings. The summed E-state index contributed by atoms with van der Waals surface area (Å²) >= 11 is 1.33. The van der Waals surface area contributed by atoms with Crippen LogP contribution in [0.1, 0.15) is 147 Å². The second-order valence-electron chi connectivity index (χ2n) is 17.3. The van der Waals surface area contributed by atoms with E-state index in [0.29, 0.717) is 44.1 Å². The number of nitrogens with zero attached hydrogens (tertiary/aromatic N) is 3. The number of carbonyl (C=O) groups excluding carboxylic acids is 3. The molecule has 1 aliphatic heterocycles. The number of rotatable bonds is 26. The largest absolute Gasteiger partial charge is 0.508 e. The van der Waals surface area contributed by atoms with Gasteiger partial charge in [-0.15, -0.1) is 11.3 Å². The van der Waals surface area contributed by atoms with Crippen LogP contribution < -0.4 is 16.4 Å². The Morgan fingerprint density at radius 3 is 2.37 bits per heavy atom. The van der Waals surface area contributed by atoms with E-state index in [-0.39, 0.29) is 53.6 Å². The number of hydrogen-bond acceptors (Lipinski definition) is 10. The lowest BCUT2D eigenvalue weighted by Crippen LogP contribution is -2.59. The number of aromatic nitrogens is 1. The van der Waals surface area contributed by atoms with Gasteiger partial charge >= 0.3 is 5.97 Å². The molecule has 6 N–H and O–H groups in total. The molecule has 5 unspecified atom stereocenters. The third-order valence-electron chi connectivity index (χ3n) is 11.8. The number of phenols is 1. The standard InChI is InChI=1S/C45H74N6O7S/c1-9-12-13-15-24-51(43(55)39(31(6)10-2)49-41(54)36-17-14-16-23-50(36)25-22-46)37(30(4)5)27-38(58-11-3)42-48-35(29-59-42)40(53)47-33(28-45(7,8)44(56)57)26-32-18-20-34(52)21-19-32/h18-21,29-31,33,36-39,52H,9-17,22-28,46H2,1-8H3,(H,47,53)(H,49,54)(H,56,57)/t31?,33?,36-,37?,38?,39?/m1/s1. The van der Waals surface area contributed by atoms with Crippen LogP contribution in [0.15, 0.2) is 29.6 Å². The molecule has 0 saturated carbocycles. The van der Waals surface area contributed by atoms with Crippen molar-refractivity contribution in [3.8, 4) is 5.75 Å². The number of ether oxygens (including phenoxy) is 1. The molecular weight excluding hydrogens is 769 g/mol. The SMILES string of the molecule is CCCCCCN(C(=O)C(NC(=O)[C@H]1CCCCN1CCN)C(C)CC)C(CC(OCC)c1nc(C(=O)NC(Cc2ccc(O)cc2)CC(C)(C)C(=O)O)cs1)C(C)C. The number of likely N-dealkylation sites (tertiary alicyclic amines) is 1. The van der Waals surface area contributed by atoms with Crippen molar-refractivity contribution >= 4 is 35.0 Å². The Hall–Kier alpha value is -3.59. The highest BCUT2D eigenvalue weighted by molar-refractivity contribution is 7.09. The summed E-state index contributed by atoms with van der Waals surface area (Å²) in [5, 5.41) is 28.3. The number of carboxylic acids is 1. The number of thiazole rings is 1. The monoisotopic (exact) mass is 843 g/mol. The van der Waals surface area contributed by atoms with Crippen molar-refractivity contribution in [1.82, 2.24) is 25.4 Å². The van der Waals surface area contributed by atoms with Gasteiger partial charge < -0.3 is 36.2 Å².